The van der Waals surface area contributed by atoms with E-state index in [0.717, 1.165) is 6.07 Å². The molecule has 0 radical (unpaired) electrons. The first kappa shape index (κ1) is 22.8. The molecular formula is C20H22N2O7S2. The van der Waals surface area contributed by atoms with Crippen molar-refractivity contribution < 1.29 is 31.2 Å². The molecule has 0 saturated carbocycles. The number of nitrogens with zero attached hydrogens (tertiary/aromatic N) is 1. The highest BCUT2D eigenvalue weighted by molar-refractivity contribution is 7.94. The van der Waals surface area contributed by atoms with Crippen molar-refractivity contribution >= 4 is 43.1 Å². The molecule has 2 aromatic rings. The number of amides is 1. The van der Waals surface area contributed by atoms with Gasteiger partial charge in [-0.1, -0.05) is 19.1 Å². The molecule has 0 bridgehead atoms. The molecule has 1 aliphatic heterocycles. The van der Waals surface area contributed by atoms with Crippen molar-refractivity contribution in [2.75, 3.05) is 21.4 Å². The molecule has 1 aliphatic rings. The molecule has 1 atom stereocenters. The normalized spacial score (nSPS) is 18.1. The molecule has 0 unspecified atom stereocenters. The van der Waals surface area contributed by atoms with Crippen LogP contribution in [0.3, 0.4) is 0 Å². The summed E-state index contributed by atoms with van der Waals surface area (Å²) in [6.45, 7) is 4.69. The highest BCUT2D eigenvalue weighted by Crippen LogP contribution is 2.34. The highest BCUT2D eigenvalue weighted by atomic mass is 32.2. The average Bonchev–Trinajstić information content (AvgIpc) is 2.89. The molecule has 1 amide bonds. The van der Waals surface area contributed by atoms with Crippen molar-refractivity contribution in [3.8, 4) is 5.75 Å². The third-order valence-corrected chi connectivity index (χ3v) is 7.90. The Morgan fingerprint density at radius 2 is 1.94 bits per heavy atom. The number of carbonyl (C=O) groups is 2. The van der Waals surface area contributed by atoms with Crippen LogP contribution >= 0.6 is 0 Å². The summed E-state index contributed by atoms with van der Waals surface area (Å²) >= 11 is 0. The number of ketones is 1. The quantitative estimate of drug-likeness (QED) is 0.621. The number of hydrogen-bond donors (Lipinski definition) is 1. The van der Waals surface area contributed by atoms with Crippen LogP contribution in [0.4, 0.5) is 11.4 Å². The number of sulfonamides is 2. The summed E-state index contributed by atoms with van der Waals surface area (Å²) in [5, 5.41) is 0. The van der Waals surface area contributed by atoms with Crippen molar-refractivity contribution in [3.05, 3.63) is 48.0 Å². The zero-order valence-corrected chi connectivity index (χ0v) is 18.8. The summed E-state index contributed by atoms with van der Waals surface area (Å²) < 4.78 is 59.5. The Bertz CT molecular complexity index is 1250. The summed E-state index contributed by atoms with van der Waals surface area (Å²) in [5.41, 5.74) is 0.386. The van der Waals surface area contributed by atoms with Crippen molar-refractivity contribution in [1.29, 1.82) is 0 Å². The monoisotopic (exact) mass is 466 g/mol. The Kier molecular flexibility index (Phi) is 6.10. The van der Waals surface area contributed by atoms with Crippen LogP contribution in [-0.2, 0) is 24.8 Å². The third-order valence-electron chi connectivity index (χ3n) is 4.63. The molecule has 1 N–H and O–H groups in total. The van der Waals surface area contributed by atoms with Gasteiger partial charge in [-0.3, -0.25) is 14.3 Å². The maximum Gasteiger partial charge on any atom is 0.265 e. The second-order valence-corrected chi connectivity index (χ2v) is 10.6. The van der Waals surface area contributed by atoms with Crippen molar-refractivity contribution in [2.45, 2.75) is 25.7 Å². The molecule has 0 spiro atoms. The molecule has 0 aliphatic carbocycles. The van der Waals surface area contributed by atoms with Gasteiger partial charge >= 0.3 is 0 Å². The van der Waals surface area contributed by atoms with Crippen molar-refractivity contribution in [2.24, 2.45) is 5.92 Å². The SMILES string of the molecule is CCOc1ccc(N2C(=O)[C@@H](C)CS2(=O)=O)cc1S(=O)(=O)Nc1cccc(C(C)=O)c1. The lowest BCUT2D eigenvalue weighted by atomic mass is 10.1. The Hall–Kier alpha value is -2.92. The number of nitrogens with one attached hydrogen (secondary N) is 1. The fraction of sp³-hybridized carbons (Fsp3) is 0.300. The molecule has 3 rings (SSSR count). The van der Waals surface area contributed by atoms with Gasteiger partial charge in [0.2, 0.25) is 15.9 Å². The standard InChI is InChI=1S/C20H22N2O7S2/c1-4-29-18-9-8-17(22-20(24)13(2)12-30(22,25)26)11-19(18)31(27,28)21-16-7-5-6-15(10-16)14(3)23/h5-11,13,21H,4,12H2,1-3H3/t13-/m0/s1. The fourth-order valence-corrected chi connectivity index (χ4v) is 6.23. The molecule has 0 aromatic heterocycles. The number of hydrogen-bond acceptors (Lipinski definition) is 7. The Balaban J connectivity index is 2.08. The van der Waals surface area contributed by atoms with E-state index in [1.807, 2.05) is 0 Å². The Morgan fingerprint density at radius 1 is 1.23 bits per heavy atom. The minimum Gasteiger partial charge on any atom is -0.492 e. The lowest BCUT2D eigenvalue weighted by molar-refractivity contribution is -0.119. The van der Waals surface area contributed by atoms with Gasteiger partial charge in [0.05, 0.1) is 24.0 Å². The molecular weight excluding hydrogens is 444 g/mol. The van der Waals surface area contributed by atoms with E-state index < -0.39 is 31.9 Å². The third kappa shape index (κ3) is 4.57. The van der Waals surface area contributed by atoms with Gasteiger partial charge in [0, 0.05) is 11.3 Å². The van der Waals surface area contributed by atoms with Crippen LogP contribution < -0.4 is 13.8 Å². The van der Waals surface area contributed by atoms with Crippen LogP contribution in [0.2, 0.25) is 0 Å². The van der Waals surface area contributed by atoms with E-state index in [1.54, 1.807) is 13.0 Å². The second-order valence-electron chi connectivity index (χ2n) is 7.09. The lowest BCUT2D eigenvalue weighted by Gasteiger charge is -2.19. The summed E-state index contributed by atoms with van der Waals surface area (Å²) in [4.78, 5) is 23.7. The van der Waals surface area contributed by atoms with Crippen LogP contribution in [0.1, 0.15) is 31.1 Å². The predicted octanol–water partition coefficient (Wildman–Crippen LogP) is 2.40. The van der Waals surface area contributed by atoms with Gasteiger partial charge in [-0.05, 0) is 44.2 Å². The maximum atomic E-state index is 13.1. The van der Waals surface area contributed by atoms with Crippen LogP contribution in [0, 0.1) is 5.92 Å². The largest absolute Gasteiger partial charge is 0.492 e. The number of rotatable bonds is 7. The van der Waals surface area contributed by atoms with Gasteiger partial charge in [-0.25, -0.2) is 21.1 Å². The van der Waals surface area contributed by atoms with Crippen LogP contribution in [0.25, 0.3) is 0 Å². The van der Waals surface area contributed by atoms with Gasteiger partial charge in [0.25, 0.3) is 10.0 Å². The Morgan fingerprint density at radius 3 is 2.52 bits per heavy atom. The van der Waals surface area contributed by atoms with Gasteiger partial charge in [-0.15, -0.1) is 0 Å². The minimum absolute atomic E-state index is 0.00133. The summed E-state index contributed by atoms with van der Waals surface area (Å²) in [5.74, 6) is -1.95. The fourth-order valence-electron chi connectivity index (χ4n) is 3.21. The smallest absolute Gasteiger partial charge is 0.265 e. The number of benzene rings is 2. The van der Waals surface area contributed by atoms with Crippen LogP contribution in [0.15, 0.2) is 47.4 Å². The summed E-state index contributed by atoms with van der Waals surface area (Å²) in [7, 11) is -8.16. The van der Waals surface area contributed by atoms with Gasteiger partial charge < -0.3 is 4.74 Å². The van der Waals surface area contributed by atoms with Gasteiger partial charge in [-0.2, -0.15) is 0 Å². The lowest BCUT2D eigenvalue weighted by Crippen LogP contribution is -2.30. The first-order chi connectivity index (χ1) is 14.5. The Labute approximate surface area is 181 Å². The van der Waals surface area contributed by atoms with E-state index in [-0.39, 0.29) is 40.2 Å². The molecule has 1 saturated heterocycles. The zero-order valence-electron chi connectivity index (χ0n) is 17.2. The topological polar surface area (TPSA) is 127 Å². The van der Waals surface area contributed by atoms with Crippen molar-refractivity contribution in [1.82, 2.24) is 0 Å². The molecule has 9 nitrogen and oxygen atoms in total. The maximum absolute atomic E-state index is 13.1. The molecule has 31 heavy (non-hydrogen) atoms. The van der Waals surface area contributed by atoms with E-state index >= 15 is 0 Å². The van der Waals surface area contributed by atoms with E-state index in [0.29, 0.717) is 9.87 Å². The number of Topliss-reactive ketones (excluding diaryl/α,β-unsaturated/α-hetero) is 1. The first-order valence-electron chi connectivity index (χ1n) is 9.44. The van der Waals surface area contributed by atoms with Crippen LogP contribution in [-0.4, -0.2) is 40.9 Å². The molecule has 1 fully saturated rings. The minimum atomic E-state index is -4.25. The van der Waals surface area contributed by atoms with Crippen LogP contribution in [0.5, 0.6) is 5.75 Å². The highest BCUT2D eigenvalue weighted by Gasteiger charge is 2.42. The zero-order chi connectivity index (χ0) is 23.0. The van der Waals surface area contributed by atoms with E-state index in [2.05, 4.69) is 4.72 Å². The number of ether oxygens (including phenoxy) is 1. The first-order valence-corrected chi connectivity index (χ1v) is 12.5. The van der Waals surface area contributed by atoms with E-state index in [9.17, 15) is 26.4 Å². The molecule has 1 heterocycles. The summed E-state index contributed by atoms with van der Waals surface area (Å²) in [6, 6.07) is 9.68. The summed E-state index contributed by atoms with van der Waals surface area (Å²) in [6.07, 6.45) is 0. The molecule has 2 aromatic carbocycles. The second kappa shape index (κ2) is 8.31. The van der Waals surface area contributed by atoms with E-state index in [4.69, 9.17) is 4.74 Å². The van der Waals surface area contributed by atoms with Crippen molar-refractivity contribution in [3.63, 3.8) is 0 Å². The average molecular weight is 467 g/mol. The van der Waals surface area contributed by atoms with Gasteiger partial charge in [0.1, 0.15) is 10.6 Å². The molecule has 166 valence electrons. The predicted molar refractivity (Wildman–Crippen MR) is 115 cm³/mol. The molecule has 11 heteroatoms. The van der Waals surface area contributed by atoms with Gasteiger partial charge in [0.15, 0.2) is 5.78 Å². The van der Waals surface area contributed by atoms with E-state index in [1.165, 1.54) is 44.2 Å². The number of carbonyl (C=O) groups excluding carboxylic acids is 2. The number of anilines is 2.